The van der Waals surface area contributed by atoms with Crippen LogP contribution in [-0.4, -0.2) is 62.2 Å². The molecule has 0 fully saturated rings. The van der Waals surface area contributed by atoms with Crippen LogP contribution < -0.4 is 21.7 Å². The van der Waals surface area contributed by atoms with Crippen molar-refractivity contribution in [2.24, 2.45) is 0 Å². The van der Waals surface area contributed by atoms with Gasteiger partial charge in [-0.05, 0) is 55.7 Å². The number of aryl methyl sites for hydroxylation is 1. The van der Waals surface area contributed by atoms with Crippen LogP contribution in [0.3, 0.4) is 0 Å². The van der Waals surface area contributed by atoms with Crippen molar-refractivity contribution in [2.45, 2.75) is 105 Å². The highest BCUT2D eigenvalue weighted by Crippen LogP contribution is 2.24. The Bertz CT molecular complexity index is 679. The van der Waals surface area contributed by atoms with Crippen molar-refractivity contribution in [3.63, 3.8) is 0 Å². The van der Waals surface area contributed by atoms with E-state index in [2.05, 4.69) is 71.8 Å². The largest absolute Gasteiger partial charge is 1.00 e. The Labute approximate surface area is 228 Å². The van der Waals surface area contributed by atoms with E-state index in [9.17, 15) is 4.79 Å². The first kappa shape index (κ1) is 33.9. The van der Waals surface area contributed by atoms with Crippen molar-refractivity contribution in [1.29, 1.82) is 0 Å². The Morgan fingerprint density at radius 2 is 1.51 bits per heavy atom. The standard InChI is InChI=1S/C30H55N2O2.BrH/c1-8-10-12-14-20-31(21-15-13-11-9-2)30(33)25-32(6,7)22-16-17-23-34-29-24-28(26(3)4)19-18-27(29)5;/h18-19,24,26H,8-17,20-23,25H2,1-7H3;1H/q+1;/p-1. The Morgan fingerprint density at radius 3 is 2.06 bits per heavy atom. The Balaban J connectivity index is 0.0000116. The number of unbranched alkanes of at least 4 members (excludes halogenated alkanes) is 7. The molecular weight excluding hydrogens is 500 g/mol. The second-order valence-corrected chi connectivity index (χ2v) is 11.1. The SMILES string of the molecule is CCCCCCN(CCCCCC)C(=O)C[N+](C)(C)CCCCOc1cc(C(C)C)ccc1C.[Br-]. The summed E-state index contributed by atoms with van der Waals surface area (Å²) < 4.78 is 6.86. The highest BCUT2D eigenvalue weighted by atomic mass is 79.9. The molecule has 0 aliphatic carbocycles. The molecule has 1 rings (SSSR count). The van der Waals surface area contributed by atoms with Crippen LogP contribution in [0.25, 0.3) is 0 Å². The number of halogens is 1. The van der Waals surface area contributed by atoms with Crippen LogP contribution in [0.4, 0.5) is 0 Å². The van der Waals surface area contributed by atoms with Gasteiger partial charge in [0, 0.05) is 13.1 Å². The first-order valence-corrected chi connectivity index (χ1v) is 14.0. The maximum absolute atomic E-state index is 13.2. The molecule has 0 radical (unpaired) electrons. The molecule has 35 heavy (non-hydrogen) atoms. The van der Waals surface area contributed by atoms with Gasteiger partial charge < -0.3 is 31.1 Å². The van der Waals surface area contributed by atoms with E-state index < -0.39 is 0 Å². The molecule has 0 heterocycles. The minimum absolute atomic E-state index is 0. The molecule has 0 unspecified atom stereocenters. The number of carbonyl (C=O) groups is 1. The molecule has 0 spiro atoms. The summed E-state index contributed by atoms with van der Waals surface area (Å²) in [7, 11) is 4.39. The number of hydrogen-bond acceptors (Lipinski definition) is 2. The second-order valence-electron chi connectivity index (χ2n) is 11.1. The predicted molar refractivity (Wildman–Crippen MR) is 147 cm³/mol. The van der Waals surface area contributed by atoms with Gasteiger partial charge in [-0.2, -0.15) is 0 Å². The molecule has 0 saturated carbocycles. The van der Waals surface area contributed by atoms with Gasteiger partial charge in [-0.15, -0.1) is 0 Å². The van der Waals surface area contributed by atoms with Gasteiger partial charge in [0.2, 0.25) is 0 Å². The highest BCUT2D eigenvalue weighted by molar-refractivity contribution is 5.77. The maximum atomic E-state index is 13.2. The summed E-state index contributed by atoms with van der Waals surface area (Å²) in [6, 6.07) is 6.54. The van der Waals surface area contributed by atoms with Crippen LogP contribution in [0.1, 0.15) is 109 Å². The van der Waals surface area contributed by atoms with Gasteiger partial charge in [0.05, 0.1) is 27.2 Å². The molecule has 5 heteroatoms. The molecule has 0 saturated heterocycles. The van der Waals surface area contributed by atoms with E-state index in [1.807, 2.05) is 0 Å². The van der Waals surface area contributed by atoms with Gasteiger partial charge in [0.25, 0.3) is 5.91 Å². The van der Waals surface area contributed by atoms with Crippen LogP contribution in [0.5, 0.6) is 5.75 Å². The van der Waals surface area contributed by atoms with Crippen molar-refractivity contribution in [2.75, 3.05) is 46.9 Å². The number of ether oxygens (including phenoxy) is 1. The molecule has 1 amide bonds. The number of hydrogen-bond donors (Lipinski definition) is 0. The van der Waals surface area contributed by atoms with E-state index >= 15 is 0 Å². The van der Waals surface area contributed by atoms with Crippen molar-refractivity contribution in [3.05, 3.63) is 29.3 Å². The normalized spacial score (nSPS) is 11.4. The fraction of sp³-hybridized carbons (Fsp3) is 0.767. The molecule has 0 bridgehead atoms. The minimum Gasteiger partial charge on any atom is -1.00 e. The Hall–Kier alpha value is -1.07. The summed E-state index contributed by atoms with van der Waals surface area (Å²) >= 11 is 0. The minimum atomic E-state index is 0. The van der Waals surface area contributed by atoms with Gasteiger partial charge >= 0.3 is 0 Å². The lowest BCUT2D eigenvalue weighted by Gasteiger charge is -2.32. The second kappa shape index (κ2) is 19.1. The van der Waals surface area contributed by atoms with E-state index in [1.54, 1.807) is 0 Å². The quantitative estimate of drug-likeness (QED) is 0.188. The average molecular weight is 556 g/mol. The third-order valence-corrected chi connectivity index (χ3v) is 6.77. The lowest BCUT2D eigenvalue weighted by atomic mass is 10.0. The summed E-state index contributed by atoms with van der Waals surface area (Å²) in [4.78, 5) is 15.3. The van der Waals surface area contributed by atoms with Gasteiger partial charge in [0.1, 0.15) is 5.75 Å². The number of nitrogens with zero attached hydrogens (tertiary/aromatic N) is 2. The molecule has 0 atom stereocenters. The number of carbonyl (C=O) groups excluding carboxylic acids is 1. The lowest BCUT2D eigenvalue weighted by molar-refractivity contribution is -0.883. The molecule has 1 aromatic carbocycles. The molecule has 204 valence electrons. The molecule has 0 aliphatic rings. The summed E-state index contributed by atoms with van der Waals surface area (Å²) in [6.45, 7) is 15.2. The first-order chi connectivity index (χ1) is 16.2. The highest BCUT2D eigenvalue weighted by Gasteiger charge is 2.23. The van der Waals surface area contributed by atoms with Crippen LogP contribution in [0, 0.1) is 6.92 Å². The molecule has 1 aromatic rings. The third kappa shape index (κ3) is 14.9. The summed E-state index contributed by atoms with van der Waals surface area (Å²) in [5.74, 6) is 1.85. The Morgan fingerprint density at radius 1 is 0.914 bits per heavy atom. The van der Waals surface area contributed by atoms with E-state index in [0.717, 1.165) is 62.2 Å². The number of likely N-dealkylation sites (N-methyl/N-ethyl adjacent to an activating group) is 1. The number of rotatable bonds is 19. The zero-order valence-electron chi connectivity index (χ0n) is 24.0. The zero-order chi connectivity index (χ0) is 25.4. The summed E-state index contributed by atoms with van der Waals surface area (Å²) in [6.07, 6.45) is 11.8. The maximum Gasteiger partial charge on any atom is 0.277 e. The van der Waals surface area contributed by atoms with Gasteiger partial charge in [-0.1, -0.05) is 78.4 Å². The number of quaternary nitrogens is 1. The molecule has 0 aromatic heterocycles. The molecule has 0 N–H and O–H groups in total. The summed E-state index contributed by atoms with van der Waals surface area (Å²) in [5, 5.41) is 0. The smallest absolute Gasteiger partial charge is 0.277 e. The molecule has 0 aliphatic heterocycles. The van der Waals surface area contributed by atoms with E-state index in [0.29, 0.717) is 18.4 Å². The lowest BCUT2D eigenvalue weighted by Crippen LogP contribution is -3.00. The van der Waals surface area contributed by atoms with E-state index in [1.165, 1.54) is 49.7 Å². The average Bonchev–Trinajstić information content (AvgIpc) is 2.78. The van der Waals surface area contributed by atoms with Crippen molar-refractivity contribution >= 4 is 5.91 Å². The van der Waals surface area contributed by atoms with E-state index in [-0.39, 0.29) is 17.0 Å². The topological polar surface area (TPSA) is 29.5 Å². The zero-order valence-corrected chi connectivity index (χ0v) is 25.6. The predicted octanol–water partition coefficient (Wildman–Crippen LogP) is 4.35. The van der Waals surface area contributed by atoms with Crippen LogP contribution in [0.15, 0.2) is 18.2 Å². The van der Waals surface area contributed by atoms with Crippen molar-refractivity contribution in [1.82, 2.24) is 4.90 Å². The van der Waals surface area contributed by atoms with Crippen LogP contribution in [-0.2, 0) is 4.79 Å². The monoisotopic (exact) mass is 554 g/mol. The Kier molecular flexibility index (Phi) is 18.5. The van der Waals surface area contributed by atoms with Crippen molar-refractivity contribution in [3.8, 4) is 5.75 Å². The molecular formula is C30H55BrN2O2. The van der Waals surface area contributed by atoms with Gasteiger partial charge in [-0.25, -0.2) is 0 Å². The first-order valence-electron chi connectivity index (χ1n) is 14.0. The fourth-order valence-electron chi connectivity index (χ4n) is 4.32. The molecule has 4 nitrogen and oxygen atoms in total. The van der Waals surface area contributed by atoms with Crippen LogP contribution >= 0.6 is 0 Å². The number of amides is 1. The van der Waals surface area contributed by atoms with E-state index in [4.69, 9.17) is 4.74 Å². The van der Waals surface area contributed by atoms with Crippen LogP contribution in [0.2, 0.25) is 0 Å². The third-order valence-electron chi connectivity index (χ3n) is 6.77. The van der Waals surface area contributed by atoms with Gasteiger partial charge in [-0.3, -0.25) is 4.79 Å². The van der Waals surface area contributed by atoms with Crippen molar-refractivity contribution < 1.29 is 31.0 Å². The summed E-state index contributed by atoms with van der Waals surface area (Å²) in [5.41, 5.74) is 2.52. The fourth-order valence-corrected chi connectivity index (χ4v) is 4.32. The van der Waals surface area contributed by atoms with Gasteiger partial charge in [0.15, 0.2) is 6.54 Å². The number of benzene rings is 1.